The van der Waals surface area contributed by atoms with Gasteiger partial charge in [-0.1, -0.05) is 6.07 Å². The Morgan fingerprint density at radius 1 is 1.19 bits per heavy atom. The maximum absolute atomic E-state index is 11.6. The van der Waals surface area contributed by atoms with Gasteiger partial charge in [-0.05, 0) is 51.0 Å². The average molecular weight is 293 g/mol. The van der Waals surface area contributed by atoms with Crippen LogP contribution in [-0.4, -0.2) is 31.1 Å². The van der Waals surface area contributed by atoms with E-state index in [1.807, 2.05) is 32.0 Å². The summed E-state index contributed by atoms with van der Waals surface area (Å²) in [6.45, 7) is 7.76. The Kier molecular flexibility index (Phi) is 6.72. The zero-order valence-corrected chi connectivity index (χ0v) is 13.1. The number of nitrogens with one attached hydrogen (secondary N) is 1. The fourth-order valence-electron chi connectivity index (χ4n) is 1.63. The molecule has 5 heteroatoms. The van der Waals surface area contributed by atoms with Crippen LogP contribution in [-0.2, 0) is 14.3 Å². The van der Waals surface area contributed by atoms with Gasteiger partial charge in [-0.3, -0.25) is 9.59 Å². The van der Waals surface area contributed by atoms with Crippen molar-refractivity contribution in [1.29, 1.82) is 0 Å². The monoisotopic (exact) mass is 293 g/mol. The molecule has 0 aliphatic heterocycles. The van der Waals surface area contributed by atoms with E-state index in [0.717, 1.165) is 5.56 Å². The Morgan fingerprint density at radius 3 is 2.52 bits per heavy atom. The van der Waals surface area contributed by atoms with E-state index >= 15 is 0 Å². The van der Waals surface area contributed by atoms with Crippen LogP contribution in [0.3, 0.4) is 0 Å². The Bertz CT molecular complexity index is 497. The lowest BCUT2D eigenvalue weighted by molar-refractivity contribution is -0.147. The van der Waals surface area contributed by atoms with Gasteiger partial charge in [0.05, 0.1) is 12.5 Å². The lowest BCUT2D eigenvalue weighted by atomic mass is 10.1. The maximum atomic E-state index is 11.6. The summed E-state index contributed by atoms with van der Waals surface area (Å²) < 4.78 is 10.4. The third kappa shape index (κ3) is 6.79. The average Bonchev–Trinajstić information content (AvgIpc) is 2.39. The zero-order valence-electron chi connectivity index (χ0n) is 13.1. The van der Waals surface area contributed by atoms with E-state index in [-0.39, 0.29) is 37.6 Å². The number of esters is 1. The van der Waals surface area contributed by atoms with E-state index in [4.69, 9.17) is 9.47 Å². The first-order valence-corrected chi connectivity index (χ1v) is 7.04. The highest BCUT2D eigenvalue weighted by molar-refractivity contribution is 5.78. The molecule has 0 unspecified atom stereocenters. The maximum Gasteiger partial charge on any atom is 0.307 e. The van der Waals surface area contributed by atoms with Crippen LogP contribution in [0.5, 0.6) is 5.75 Å². The molecule has 0 fully saturated rings. The SMILES string of the molecule is Cc1ccc(OCC(=O)NCCC(=O)OC(C)C)cc1C. The molecular weight excluding hydrogens is 270 g/mol. The minimum absolute atomic E-state index is 0.0677. The van der Waals surface area contributed by atoms with Crippen LogP contribution in [0.15, 0.2) is 18.2 Å². The van der Waals surface area contributed by atoms with Crippen molar-refractivity contribution >= 4 is 11.9 Å². The van der Waals surface area contributed by atoms with Crippen LogP contribution in [0.4, 0.5) is 0 Å². The van der Waals surface area contributed by atoms with Crippen molar-refractivity contribution in [2.24, 2.45) is 0 Å². The van der Waals surface area contributed by atoms with E-state index in [9.17, 15) is 9.59 Å². The van der Waals surface area contributed by atoms with Crippen LogP contribution in [0.2, 0.25) is 0 Å². The van der Waals surface area contributed by atoms with E-state index in [1.54, 1.807) is 13.8 Å². The molecule has 1 N–H and O–H groups in total. The second-order valence-electron chi connectivity index (χ2n) is 5.17. The van der Waals surface area contributed by atoms with Crippen molar-refractivity contribution in [3.63, 3.8) is 0 Å². The number of hydrogen-bond donors (Lipinski definition) is 1. The van der Waals surface area contributed by atoms with Crippen LogP contribution in [0.1, 0.15) is 31.4 Å². The predicted molar refractivity (Wildman–Crippen MR) is 80.3 cm³/mol. The molecule has 0 aliphatic rings. The Morgan fingerprint density at radius 2 is 1.90 bits per heavy atom. The molecule has 0 radical (unpaired) electrons. The molecule has 116 valence electrons. The Labute approximate surface area is 125 Å². The minimum Gasteiger partial charge on any atom is -0.484 e. The van der Waals surface area contributed by atoms with Crippen LogP contribution in [0, 0.1) is 13.8 Å². The smallest absolute Gasteiger partial charge is 0.307 e. The summed E-state index contributed by atoms with van der Waals surface area (Å²) in [5.74, 6) is 0.0819. The second-order valence-corrected chi connectivity index (χ2v) is 5.17. The molecule has 0 saturated carbocycles. The number of rotatable bonds is 7. The number of hydrogen-bond acceptors (Lipinski definition) is 4. The van der Waals surface area contributed by atoms with Gasteiger partial charge in [-0.2, -0.15) is 0 Å². The Balaban J connectivity index is 2.25. The quantitative estimate of drug-likeness (QED) is 0.782. The van der Waals surface area contributed by atoms with Crippen molar-refractivity contribution in [1.82, 2.24) is 5.32 Å². The first-order chi connectivity index (χ1) is 9.88. The summed E-state index contributed by atoms with van der Waals surface area (Å²) >= 11 is 0. The molecule has 1 amide bonds. The third-order valence-electron chi connectivity index (χ3n) is 2.87. The van der Waals surface area contributed by atoms with Crippen molar-refractivity contribution in [3.8, 4) is 5.75 Å². The first kappa shape index (κ1) is 17.0. The molecule has 0 aromatic heterocycles. The van der Waals surface area contributed by atoms with Crippen molar-refractivity contribution in [2.75, 3.05) is 13.2 Å². The lowest BCUT2D eigenvalue weighted by Crippen LogP contribution is -2.31. The van der Waals surface area contributed by atoms with Crippen LogP contribution >= 0.6 is 0 Å². The predicted octanol–water partition coefficient (Wildman–Crippen LogP) is 2.14. The van der Waals surface area contributed by atoms with E-state index in [1.165, 1.54) is 5.56 Å². The largest absolute Gasteiger partial charge is 0.484 e. The van der Waals surface area contributed by atoms with Gasteiger partial charge in [0.1, 0.15) is 5.75 Å². The van der Waals surface area contributed by atoms with Gasteiger partial charge in [0.25, 0.3) is 5.91 Å². The van der Waals surface area contributed by atoms with Crippen LogP contribution < -0.4 is 10.1 Å². The molecule has 1 rings (SSSR count). The molecule has 0 bridgehead atoms. The highest BCUT2D eigenvalue weighted by atomic mass is 16.5. The summed E-state index contributed by atoms with van der Waals surface area (Å²) in [7, 11) is 0. The van der Waals surface area contributed by atoms with Gasteiger partial charge in [-0.15, -0.1) is 0 Å². The first-order valence-electron chi connectivity index (χ1n) is 7.04. The molecule has 0 atom stereocenters. The van der Waals surface area contributed by atoms with Gasteiger partial charge >= 0.3 is 5.97 Å². The number of carbonyl (C=O) groups excluding carboxylic acids is 2. The minimum atomic E-state index is -0.319. The molecule has 0 aliphatic carbocycles. The van der Waals surface area contributed by atoms with Gasteiger partial charge in [0.15, 0.2) is 6.61 Å². The second kappa shape index (κ2) is 8.29. The fourth-order valence-corrected chi connectivity index (χ4v) is 1.63. The fraction of sp³-hybridized carbons (Fsp3) is 0.500. The van der Waals surface area contributed by atoms with Gasteiger partial charge < -0.3 is 14.8 Å². The van der Waals surface area contributed by atoms with Crippen LogP contribution in [0.25, 0.3) is 0 Å². The van der Waals surface area contributed by atoms with Gasteiger partial charge in [0, 0.05) is 6.54 Å². The topological polar surface area (TPSA) is 64.6 Å². The number of aryl methyl sites for hydroxylation is 2. The molecule has 0 heterocycles. The molecule has 1 aromatic rings. The molecule has 5 nitrogen and oxygen atoms in total. The van der Waals surface area contributed by atoms with Gasteiger partial charge in [-0.25, -0.2) is 0 Å². The van der Waals surface area contributed by atoms with E-state index < -0.39 is 0 Å². The number of carbonyl (C=O) groups is 2. The summed E-state index contributed by atoms with van der Waals surface area (Å²) in [4.78, 5) is 22.9. The molecule has 21 heavy (non-hydrogen) atoms. The highest BCUT2D eigenvalue weighted by Gasteiger charge is 2.07. The number of ether oxygens (including phenoxy) is 2. The molecule has 1 aromatic carbocycles. The number of amides is 1. The summed E-state index contributed by atoms with van der Waals surface area (Å²) in [5.41, 5.74) is 2.29. The van der Waals surface area contributed by atoms with E-state index in [0.29, 0.717) is 5.75 Å². The molecule has 0 spiro atoms. The van der Waals surface area contributed by atoms with Gasteiger partial charge in [0.2, 0.25) is 0 Å². The van der Waals surface area contributed by atoms with Crippen molar-refractivity contribution in [3.05, 3.63) is 29.3 Å². The third-order valence-corrected chi connectivity index (χ3v) is 2.87. The zero-order chi connectivity index (χ0) is 15.8. The van der Waals surface area contributed by atoms with Crippen molar-refractivity contribution < 1.29 is 19.1 Å². The molecular formula is C16H23NO4. The lowest BCUT2D eigenvalue weighted by Gasteiger charge is -2.10. The summed E-state index contributed by atoms with van der Waals surface area (Å²) in [6.07, 6.45) is 0.0226. The molecule has 0 saturated heterocycles. The summed E-state index contributed by atoms with van der Waals surface area (Å²) in [5, 5.41) is 2.62. The Hall–Kier alpha value is -2.04. The normalized spacial score (nSPS) is 10.3. The summed E-state index contributed by atoms with van der Waals surface area (Å²) in [6, 6.07) is 5.67. The number of benzene rings is 1. The standard InChI is InChI=1S/C16H23NO4/c1-11(2)21-16(19)7-8-17-15(18)10-20-14-6-5-12(3)13(4)9-14/h5-6,9,11H,7-8,10H2,1-4H3,(H,17,18). The van der Waals surface area contributed by atoms with E-state index in [2.05, 4.69) is 5.32 Å². The highest BCUT2D eigenvalue weighted by Crippen LogP contribution is 2.16. The van der Waals surface area contributed by atoms with Crippen molar-refractivity contribution in [2.45, 2.75) is 40.2 Å².